The molecule has 0 saturated carbocycles. The summed E-state index contributed by atoms with van der Waals surface area (Å²) >= 11 is 6.23. The Kier molecular flexibility index (Phi) is 8.70. The van der Waals surface area contributed by atoms with Gasteiger partial charge in [0.15, 0.2) is 11.9 Å². The molecule has 6 rings (SSSR count). The second-order valence-electron chi connectivity index (χ2n) is 10.4. The van der Waals surface area contributed by atoms with Crippen molar-refractivity contribution in [1.82, 2.24) is 34.2 Å². The maximum Gasteiger partial charge on any atom is 0.387 e. The van der Waals surface area contributed by atoms with E-state index in [0.29, 0.717) is 30.5 Å². The zero-order valence-electron chi connectivity index (χ0n) is 23.2. The summed E-state index contributed by atoms with van der Waals surface area (Å²) in [6.45, 7) is 1.35. The number of nitrogens with zero attached hydrogens (tertiary/aromatic N) is 7. The summed E-state index contributed by atoms with van der Waals surface area (Å²) in [6.07, 6.45) is 5.01. The molecule has 1 atom stereocenters. The fourth-order valence-electron chi connectivity index (χ4n) is 5.61. The van der Waals surface area contributed by atoms with Crippen LogP contribution in [0.4, 0.5) is 14.5 Å². The van der Waals surface area contributed by atoms with Gasteiger partial charge in [0.1, 0.15) is 23.7 Å². The summed E-state index contributed by atoms with van der Waals surface area (Å²) in [4.78, 5) is 21.8. The molecule has 43 heavy (non-hydrogen) atoms. The Morgan fingerprint density at radius 2 is 1.98 bits per heavy atom. The second kappa shape index (κ2) is 12.8. The summed E-state index contributed by atoms with van der Waals surface area (Å²) in [5, 5.41) is 23.1. The van der Waals surface area contributed by atoms with Gasteiger partial charge in [-0.15, -0.1) is 0 Å². The Hall–Kier alpha value is -3.85. The molecule has 2 N–H and O–H groups in total. The fourth-order valence-corrected chi connectivity index (χ4v) is 5.78. The third kappa shape index (κ3) is 6.56. The summed E-state index contributed by atoms with van der Waals surface area (Å²) in [7, 11) is 0. The number of halogens is 3. The van der Waals surface area contributed by atoms with Crippen molar-refractivity contribution in [2.45, 2.75) is 38.3 Å². The van der Waals surface area contributed by atoms with Crippen molar-refractivity contribution < 1.29 is 28.2 Å². The molecule has 15 heteroatoms. The lowest BCUT2D eigenvalue weighted by atomic mass is 10.0. The number of aromatic nitrogens is 5. The number of likely N-dealkylation sites (tertiary alicyclic amines) is 1. The summed E-state index contributed by atoms with van der Waals surface area (Å²) in [6, 6.07) is 8.07. The van der Waals surface area contributed by atoms with Gasteiger partial charge in [-0.25, -0.2) is 9.50 Å². The first-order valence-corrected chi connectivity index (χ1v) is 14.4. The first-order valence-electron chi connectivity index (χ1n) is 14.0. The molecule has 12 nitrogen and oxygen atoms in total. The maximum absolute atomic E-state index is 13.3. The fraction of sp³-hybridized carbons (Fsp3) is 0.429. The first-order chi connectivity index (χ1) is 20.9. The van der Waals surface area contributed by atoms with Crippen molar-refractivity contribution in [3.63, 3.8) is 0 Å². The molecule has 1 aromatic carbocycles. The number of aliphatic hydroxyl groups is 1. The van der Waals surface area contributed by atoms with E-state index in [4.69, 9.17) is 21.1 Å². The van der Waals surface area contributed by atoms with Crippen LogP contribution in [0, 0.1) is 0 Å². The molecular formula is C28H31ClF2N8O4. The van der Waals surface area contributed by atoms with Crippen LogP contribution >= 0.6 is 11.6 Å². The number of morpholine rings is 1. The molecule has 0 bridgehead atoms. The summed E-state index contributed by atoms with van der Waals surface area (Å²) in [5.41, 5.74) is 1.45. The van der Waals surface area contributed by atoms with Crippen LogP contribution in [0.1, 0.15) is 24.8 Å². The normalized spacial score (nSPS) is 17.5. The number of hydrogen-bond donors (Lipinski definition) is 2. The number of aliphatic hydroxyl groups excluding tert-OH is 1. The van der Waals surface area contributed by atoms with Crippen molar-refractivity contribution in [3.05, 3.63) is 59.6 Å². The third-order valence-corrected chi connectivity index (χ3v) is 7.96. The van der Waals surface area contributed by atoms with Gasteiger partial charge in [0.25, 0.3) is 0 Å². The number of rotatable bonds is 9. The standard InChI is InChI=1S/C28H31ClF2N8O4/c29-18-3-4-23(43-28(30)31)20(14-18)26-21(34-27(41)22-15-32-24-2-1-7-33-39(22)24)16-38(35-26)17-25(40)37-8-5-19(6-9-37)36-10-12-42-13-11-36/h1-4,7,14-16,19,27-28,34,41H,5-6,8-13,17H2. The van der Waals surface area contributed by atoms with E-state index < -0.39 is 12.8 Å². The highest BCUT2D eigenvalue weighted by molar-refractivity contribution is 6.31. The van der Waals surface area contributed by atoms with E-state index in [1.807, 2.05) is 4.90 Å². The number of alkyl halides is 2. The van der Waals surface area contributed by atoms with Crippen molar-refractivity contribution >= 4 is 28.8 Å². The van der Waals surface area contributed by atoms with Crippen LogP contribution in [0.5, 0.6) is 5.75 Å². The summed E-state index contributed by atoms with van der Waals surface area (Å²) in [5.74, 6) is -0.280. The number of benzene rings is 1. The van der Waals surface area contributed by atoms with Gasteiger partial charge >= 0.3 is 6.61 Å². The molecule has 2 fully saturated rings. The number of ether oxygens (including phenoxy) is 2. The first kappa shape index (κ1) is 29.2. The molecule has 2 saturated heterocycles. The molecule has 2 aliphatic heterocycles. The van der Waals surface area contributed by atoms with Gasteiger partial charge in [0.05, 0.1) is 25.1 Å². The molecule has 0 spiro atoms. The smallest absolute Gasteiger partial charge is 0.387 e. The molecule has 4 aromatic rings. The minimum atomic E-state index is -3.09. The van der Waals surface area contributed by atoms with Gasteiger partial charge in [-0.2, -0.15) is 19.0 Å². The number of carbonyl (C=O) groups excluding carboxylic acids is 1. The van der Waals surface area contributed by atoms with E-state index in [9.17, 15) is 18.7 Å². The van der Waals surface area contributed by atoms with E-state index in [1.165, 1.54) is 33.6 Å². The highest BCUT2D eigenvalue weighted by Gasteiger charge is 2.29. The number of amides is 1. The van der Waals surface area contributed by atoms with Gasteiger partial charge in [-0.1, -0.05) is 11.6 Å². The van der Waals surface area contributed by atoms with Gasteiger partial charge in [0.2, 0.25) is 5.91 Å². The van der Waals surface area contributed by atoms with Crippen LogP contribution < -0.4 is 10.1 Å². The lowest BCUT2D eigenvalue weighted by Crippen LogP contribution is -2.50. The predicted molar refractivity (Wildman–Crippen MR) is 153 cm³/mol. The SMILES string of the molecule is O=C(Cn1cc(NC(O)c2cnc3cccnn23)c(-c2cc(Cl)ccc2OC(F)F)n1)N1CCC(N2CCOCC2)CC1. The second-order valence-corrected chi connectivity index (χ2v) is 10.8. The highest BCUT2D eigenvalue weighted by Crippen LogP contribution is 2.38. The van der Waals surface area contributed by atoms with Crippen LogP contribution in [0.25, 0.3) is 16.9 Å². The quantitative estimate of drug-likeness (QED) is 0.273. The van der Waals surface area contributed by atoms with E-state index in [-0.39, 0.29) is 40.2 Å². The number of hydrogen-bond acceptors (Lipinski definition) is 9. The number of fused-ring (bicyclic) bond motifs is 1. The van der Waals surface area contributed by atoms with Gasteiger partial charge in [0, 0.05) is 55.2 Å². The number of piperidine rings is 1. The lowest BCUT2D eigenvalue weighted by Gasteiger charge is -2.40. The highest BCUT2D eigenvalue weighted by atomic mass is 35.5. The summed E-state index contributed by atoms with van der Waals surface area (Å²) < 4.78 is 39.7. The Morgan fingerprint density at radius 1 is 1.19 bits per heavy atom. The van der Waals surface area contributed by atoms with Crippen molar-refractivity contribution in [2.24, 2.45) is 0 Å². The molecule has 0 aliphatic carbocycles. The Labute approximate surface area is 250 Å². The number of imidazole rings is 1. The zero-order chi connectivity index (χ0) is 29.9. The van der Waals surface area contributed by atoms with Crippen LogP contribution in [0.2, 0.25) is 5.02 Å². The van der Waals surface area contributed by atoms with Crippen molar-refractivity contribution in [3.8, 4) is 17.0 Å². The van der Waals surface area contributed by atoms with Crippen LogP contribution in [0.15, 0.2) is 48.9 Å². The van der Waals surface area contributed by atoms with Crippen LogP contribution in [-0.2, 0) is 16.1 Å². The molecule has 1 unspecified atom stereocenters. The minimum Gasteiger partial charge on any atom is -0.434 e. The molecule has 0 radical (unpaired) electrons. The van der Waals surface area contributed by atoms with Crippen LogP contribution in [-0.4, -0.2) is 97.2 Å². The minimum absolute atomic E-state index is 0.0875. The Bertz CT molecular complexity index is 1570. The zero-order valence-corrected chi connectivity index (χ0v) is 23.9. The van der Waals surface area contributed by atoms with E-state index in [2.05, 4.69) is 25.4 Å². The van der Waals surface area contributed by atoms with Crippen LogP contribution in [0.3, 0.4) is 0 Å². The van der Waals surface area contributed by atoms with Crippen molar-refractivity contribution in [2.75, 3.05) is 44.7 Å². The molecule has 5 heterocycles. The Morgan fingerprint density at radius 3 is 2.74 bits per heavy atom. The van der Waals surface area contributed by atoms with Gasteiger partial charge in [-0.3, -0.25) is 14.4 Å². The topological polar surface area (TPSA) is 122 Å². The average Bonchev–Trinajstić information content (AvgIpc) is 3.62. The molecule has 3 aromatic heterocycles. The number of anilines is 1. The van der Waals surface area contributed by atoms with E-state index in [0.717, 1.165) is 39.1 Å². The molecule has 2 aliphatic rings. The predicted octanol–water partition coefficient (Wildman–Crippen LogP) is 3.27. The molecule has 1 amide bonds. The third-order valence-electron chi connectivity index (χ3n) is 7.73. The molecule has 228 valence electrons. The van der Waals surface area contributed by atoms with Gasteiger partial charge < -0.3 is 24.8 Å². The number of nitrogens with one attached hydrogen (secondary N) is 1. The number of carbonyl (C=O) groups is 1. The average molecular weight is 617 g/mol. The van der Waals surface area contributed by atoms with E-state index in [1.54, 1.807) is 24.5 Å². The monoisotopic (exact) mass is 616 g/mol. The van der Waals surface area contributed by atoms with E-state index >= 15 is 0 Å². The van der Waals surface area contributed by atoms with Gasteiger partial charge in [-0.05, 0) is 43.2 Å². The van der Waals surface area contributed by atoms with Crippen molar-refractivity contribution in [1.29, 1.82) is 0 Å². The molecular weight excluding hydrogens is 586 g/mol. The Balaban J connectivity index is 1.25. The largest absolute Gasteiger partial charge is 0.434 e. The lowest BCUT2D eigenvalue weighted by molar-refractivity contribution is -0.133. The maximum atomic E-state index is 13.3.